The topological polar surface area (TPSA) is 49.3 Å². The molecular weight excluding hydrogens is 288 g/mol. The van der Waals surface area contributed by atoms with Crippen LogP contribution in [0.25, 0.3) is 0 Å². The minimum atomic E-state index is -0.927. The number of nitrogens with one attached hydrogen (secondary N) is 1. The van der Waals surface area contributed by atoms with Crippen LogP contribution in [0.15, 0.2) is 12.1 Å². The first-order chi connectivity index (χ1) is 9.52. The van der Waals surface area contributed by atoms with E-state index >= 15 is 0 Å². The molecule has 2 rings (SSSR count). The molecule has 0 aromatic heterocycles. The summed E-state index contributed by atoms with van der Waals surface area (Å²) in [6, 6.07) is 1.67. The minimum absolute atomic E-state index is 0.105. The molecule has 0 heterocycles. The molecule has 110 valence electrons. The van der Waals surface area contributed by atoms with Crippen molar-refractivity contribution in [1.29, 1.82) is 0 Å². The maximum absolute atomic E-state index is 13.5. The van der Waals surface area contributed by atoms with Gasteiger partial charge in [0.1, 0.15) is 11.6 Å². The van der Waals surface area contributed by atoms with Gasteiger partial charge in [0.15, 0.2) is 0 Å². The predicted octanol–water partition coefficient (Wildman–Crippen LogP) is 2.74. The number of hydrogen-bond acceptors (Lipinski definition) is 2. The highest BCUT2D eigenvalue weighted by Crippen LogP contribution is 2.23. The summed E-state index contributed by atoms with van der Waals surface area (Å²) in [5.41, 5.74) is -0.541. The highest BCUT2D eigenvalue weighted by Gasteiger charge is 2.25. The third-order valence-electron chi connectivity index (χ3n) is 3.56. The zero-order chi connectivity index (χ0) is 14.7. The lowest BCUT2D eigenvalue weighted by atomic mass is 9.94. The number of rotatable bonds is 3. The molecule has 0 aliphatic heterocycles. The first-order valence-electron chi connectivity index (χ1n) is 6.56. The van der Waals surface area contributed by atoms with Crippen molar-refractivity contribution in [3.8, 4) is 0 Å². The first-order valence-corrected chi connectivity index (χ1v) is 7.00. The Morgan fingerprint density at radius 2 is 1.90 bits per heavy atom. The van der Waals surface area contributed by atoms with E-state index in [0.29, 0.717) is 0 Å². The van der Waals surface area contributed by atoms with Crippen LogP contribution in [0.5, 0.6) is 0 Å². The van der Waals surface area contributed by atoms with Crippen molar-refractivity contribution in [3.63, 3.8) is 0 Å². The first kappa shape index (κ1) is 15.2. The van der Waals surface area contributed by atoms with E-state index in [-0.39, 0.29) is 17.0 Å². The summed E-state index contributed by atoms with van der Waals surface area (Å²) in [5, 5.41) is 11.4. The van der Waals surface area contributed by atoms with Crippen LogP contribution in [-0.2, 0) is 6.61 Å². The van der Waals surface area contributed by atoms with E-state index in [1.807, 2.05) is 0 Å². The molecule has 1 aromatic rings. The summed E-state index contributed by atoms with van der Waals surface area (Å²) < 4.78 is 27.0. The van der Waals surface area contributed by atoms with Gasteiger partial charge in [-0.2, -0.15) is 0 Å². The van der Waals surface area contributed by atoms with Gasteiger partial charge < -0.3 is 10.4 Å². The van der Waals surface area contributed by atoms with Gasteiger partial charge in [-0.05, 0) is 25.0 Å². The lowest BCUT2D eigenvalue weighted by Gasteiger charge is -2.27. The quantitative estimate of drug-likeness (QED) is 0.844. The van der Waals surface area contributed by atoms with Crippen molar-refractivity contribution in [2.45, 2.75) is 43.7 Å². The standard InChI is InChI=1S/C14H16ClF2NO2/c15-10-3-1-2-4-13(10)18-14(20)8-5-11(16)9(7-19)12(17)6-8/h5-6,10,13,19H,1-4,7H2,(H,18,20). The van der Waals surface area contributed by atoms with Crippen LogP contribution < -0.4 is 5.32 Å². The molecule has 0 saturated heterocycles. The van der Waals surface area contributed by atoms with Crippen LogP contribution in [0.4, 0.5) is 8.78 Å². The third kappa shape index (κ3) is 3.27. The average molecular weight is 304 g/mol. The number of aliphatic hydroxyl groups is 1. The molecule has 3 nitrogen and oxygen atoms in total. The monoisotopic (exact) mass is 303 g/mol. The van der Waals surface area contributed by atoms with Crippen molar-refractivity contribution in [1.82, 2.24) is 5.32 Å². The SMILES string of the molecule is O=C(NC1CCCCC1Cl)c1cc(F)c(CO)c(F)c1. The Morgan fingerprint density at radius 1 is 1.30 bits per heavy atom. The average Bonchev–Trinajstić information content (AvgIpc) is 2.41. The highest BCUT2D eigenvalue weighted by molar-refractivity contribution is 6.21. The van der Waals surface area contributed by atoms with Crippen molar-refractivity contribution < 1.29 is 18.7 Å². The highest BCUT2D eigenvalue weighted by atomic mass is 35.5. The molecule has 6 heteroatoms. The number of alkyl halides is 1. The lowest BCUT2D eigenvalue weighted by molar-refractivity contribution is 0.0927. The van der Waals surface area contributed by atoms with Crippen molar-refractivity contribution in [2.75, 3.05) is 0 Å². The second-order valence-electron chi connectivity index (χ2n) is 4.96. The van der Waals surface area contributed by atoms with E-state index in [4.69, 9.17) is 16.7 Å². The normalized spacial score (nSPS) is 22.6. The fourth-order valence-corrected chi connectivity index (χ4v) is 2.73. The van der Waals surface area contributed by atoms with Crippen LogP contribution in [0.2, 0.25) is 0 Å². The maximum Gasteiger partial charge on any atom is 0.251 e. The number of hydrogen-bond donors (Lipinski definition) is 2. The Labute approximate surface area is 120 Å². The fourth-order valence-electron chi connectivity index (χ4n) is 2.39. The molecule has 20 heavy (non-hydrogen) atoms. The van der Waals surface area contributed by atoms with Crippen LogP contribution in [0.3, 0.4) is 0 Å². The van der Waals surface area contributed by atoms with Crippen LogP contribution in [0.1, 0.15) is 41.6 Å². The molecule has 1 aliphatic rings. The Kier molecular flexibility index (Phi) is 4.94. The zero-order valence-corrected chi connectivity index (χ0v) is 11.6. The van der Waals surface area contributed by atoms with E-state index < -0.39 is 29.7 Å². The molecule has 2 unspecified atom stereocenters. The molecule has 0 bridgehead atoms. The van der Waals surface area contributed by atoms with Gasteiger partial charge in [-0.3, -0.25) is 4.79 Å². The molecule has 0 radical (unpaired) electrons. The second kappa shape index (κ2) is 6.50. The third-order valence-corrected chi connectivity index (χ3v) is 4.08. The zero-order valence-electron chi connectivity index (χ0n) is 10.8. The fraction of sp³-hybridized carbons (Fsp3) is 0.500. The number of carbonyl (C=O) groups is 1. The maximum atomic E-state index is 13.5. The lowest BCUT2D eigenvalue weighted by Crippen LogP contribution is -2.42. The molecule has 1 aliphatic carbocycles. The van der Waals surface area contributed by atoms with Gasteiger partial charge in [-0.25, -0.2) is 8.78 Å². The van der Waals surface area contributed by atoms with E-state index in [1.54, 1.807) is 0 Å². The van der Waals surface area contributed by atoms with Crippen molar-refractivity contribution in [3.05, 3.63) is 34.9 Å². The second-order valence-corrected chi connectivity index (χ2v) is 5.52. The van der Waals surface area contributed by atoms with E-state index in [2.05, 4.69) is 5.32 Å². The Balaban J connectivity index is 2.13. The molecule has 0 spiro atoms. The van der Waals surface area contributed by atoms with Crippen molar-refractivity contribution in [2.24, 2.45) is 0 Å². The number of carbonyl (C=O) groups excluding carboxylic acids is 1. The molecular formula is C14H16ClF2NO2. The van der Waals surface area contributed by atoms with Crippen LogP contribution in [0, 0.1) is 11.6 Å². The van der Waals surface area contributed by atoms with E-state index in [0.717, 1.165) is 37.8 Å². The van der Waals surface area contributed by atoms with Crippen molar-refractivity contribution >= 4 is 17.5 Å². The Morgan fingerprint density at radius 3 is 2.45 bits per heavy atom. The summed E-state index contributed by atoms with van der Waals surface area (Å²) in [6.45, 7) is -0.744. The summed E-state index contributed by atoms with van der Waals surface area (Å²) in [5.74, 6) is -2.41. The van der Waals surface area contributed by atoms with Gasteiger partial charge in [-0.15, -0.1) is 11.6 Å². The smallest absolute Gasteiger partial charge is 0.251 e. The van der Waals surface area contributed by atoms with Crippen LogP contribution in [-0.4, -0.2) is 22.4 Å². The van der Waals surface area contributed by atoms with E-state index in [9.17, 15) is 13.6 Å². The summed E-state index contributed by atoms with van der Waals surface area (Å²) in [7, 11) is 0. The van der Waals surface area contributed by atoms with Crippen LogP contribution >= 0.6 is 11.6 Å². The van der Waals surface area contributed by atoms with Gasteiger partial charge in [0, 0.05) is 17.2 Å². The summed E-state index contributed by atoms with van der Waals surface area (Å²) >= 11 is 6.13. The van der Waals surface area contributed by atoms with E-state index in [1.165, 1.54) is 0 Å². The summed E-state index contributed by atoms with van der Waals surface area (Å²) in [4.78, 5) is 12.0. The molecule has 2 atom stereocenters. The molecule has 1 saturated carbocycles. The predicted molar refractivity (Wildman–Crippen MR) is 71.6 cm³/mol. The Hall–Kier alpha value is -1.20. The number of aliphatic hydroxyl groups excluding tert-OH is 1. The van der Waals surface area contributed by atoms with Gasteiger partial charge in [-0.1, -0.05) is 12.8 Å². The summed E-state index contributed by atoms with van der Waals surface area (Å²) in [6.07, 6.45) is 3.58. The minimum Gasteiger partial charge on any atom is -0.391 e. The number of benzene rings is 1. The van der Waals surface area contributed by atoms with Gasteiger partial charge >= 0.3 is 0 Å². The largest absolute Gasteiger partial charge is 0.391 e. The van der Waals surface area contributed by atoms with Gasteiger partial charge in [0.25, 0.3) is 5.91 Å². The Bertz CT molecular complexity index is 487. The van der Waals surface area contributed by atoms with Gasteiger partial charge in [0.2, 0.25) is 0 Å². The number of amides is 1. The molecule has 1 aromatic carbocycles. The molecule has 2 N–H and O–H groups in total. The molecule has 1 amide bonds. The van der Waals surface area contributed by atoms with Gasteiger partial charge in [0.05, 0.1) is 12.0 Å². The number of halogens is 3. The molecule has 1 fully saturated rings.